The van der Waals surface area contributed by atoms with Crippen LogP contribution < -0.4 is 5.32 Å². The fraction of sp³-hybridized carbons (Fsp3) is 0.802. The number of ether oxygens (including phenoxy) is 4. The first-order valence-corrected chi connectivity index (χ1v) is 41.5. The Kier molecular flexibility index (Phi) is 64.1. The first-order valence-electron chi connectivity index (χ1n) is 41.5. The molecule has 9 N–H and O–H groups in total. The van der Waals surface area contributed by atoms with Crippen LogP contribution in [0.4, 0.5) is 0 Å². The third kappa shape index (κ3) is 51.2. The van der Waals surface area contributed by atoms with E-state index in [1.54, 1.807) is 6.08 Å². The van der Waals surface area contributed by atoms with Gasteiger partial charge in [0, 0.05) is 6.42 Å². The quantitative estimate of drug-likeness (QED) is 0.0204. The SMILES string of the molecule is CC/C=C\C/C=C\C/C=C\C/C=C\C/C=C\CCCCCCCCCCCCCCCCCCCC(=O)NC(COC1OC(CO)C(OC2OC(CO)C(O)C(O)C2O)C(O)C1O)C(O)/C=C/CC/C=C/CC/C=C/CCCCCCCCCCCCCCCCCCCCCCCCC. The number of aliphatic hydroxyl groups is 8. The summed E-state index contributed by atoms with van der Waals surface area (Å²) in [6.07, 6.45) is 82.2. The Labute approximate surface area is 611 Å². The zero-order valence-electron chi connectivity index (χ0n) is 63.7. The number of hydrogen-bond acceptors (Lipinski definition) is 13. The minimum atomic E-state index is -1.80. The van der Waals surface area contributed by atoms with Gasteiger partial charge in [0.15, 0.2) is 12.6 Å². The number of rotatable bonds is 69. The van der Waals surface area contributed by atoms with E-state index in [0.717, 1.165) is 77.0 Å². The zero-order chi connectivity index (χ0) is 72.2. The maximum absolute atomic E-state index is 13.4. The fourth-order valence-corrected chi connectivity index (χ4v) is 13.2. The summed E-state index contributed by atoms with van der Waals surface area (Å²) in [4.78, 5) is 13.4. The van der Waals surface area contributed by atoms with Gasteiger partial charge in [-0.2, -0.15) is 0 Å². The van der Waals surface area contributed by atoms with Crippen LogP contribution in [0.3, 0.4) is 0 Å². The predicted octanol–water partition coefficient (Wildman–Crippen LogP) is 19.2. The molecule has 0 bridgehead atoms. The lowest BCUT2D eigenvalue weighted by molar-refractivity contribution is -0.359. The minimum absolute atomic E-state index is 0.251. The molecule has 2 fully saturated rings. The molecule has 2 aliphatic heterocycles. The van der Waals surface area contributed by atoms with Gasteiger partial charge in [-0.3, -0.25) is 4.79 Å². The van der Waals surface area contributed by atoms with Crippen LogP contribution in [0.2, 0.25) is 0 Å². The summed E-state index contributed by atoms with van der Waals surface area (Å²) in [5, 5.41) is 87.7. The topological polar surface area (TPSA) is 228 Å². The summed E-state index contributed by atoms with van der Waals surface area (Å²) < 4.78 is 22.9. The monoisotopic (exact) mass is 1410 g/mol. The van der Waals surface area contributed by atoms with Crippen molar-refractivity contribution in [2.45, 2.75) is 421 Å². The molecule has 14 heteroatoms. The van der Waals surface area contributed by atoms with Gasteiger partial charge in [0.25, 0.3) is 0 Å². The van der Waals surface area contributed by atoms with Crippen LogP contribution in [0.25, 0.3) is 0 Å². The average Bonchev–Trinajstić information content (AvgIpc) is 0.791. The van der Waals surface area contributed by atoms with Crippen LogP contribution in [0.5, 0.6) is 0 Å². The molecule has 12 unspecified atom stereocenters. The molecule has 100 heavy (non-hydrogen) atoms. The van der Waals surface area contributed by atoms with Crippen LogP contribution in [-0.4, -0.2) is 140 Å². The maximum Gasteiger partial charge on any atom is 0.220 e. The first-order chi connectivity index (χ1) is 49.1. The van der Waals surface area contributed by atoms with Gasteiger partial charge in [0.2, 0.25) is 5.91 Å². The van der Waals surface area contributed by atoms with Gasteiger partial charge in [-0.25, -0.2) is 0 Å². The minimum Gasteiger partial charge on any atom is -0.394 e. The van der Waals surface area contributed by atoms with E-state index >= 15 is 0 Å². The molecule has 2 rings (SSSR count). The lowest BCUT2D eigenvalue weighted by Gasteiger charge is -2.46. The van der Waals surface area contributed by atoms with Gasteiger partial charge in [-0.15, -0.1) is 0 Å². The number of carbonyl (C=O) groups excluding carboxylic acids is 1. The first kappa shape index (κ1) is 93.0. The smallest absolute Gasteiger partial charge is 0.220 e. The van der Waals surface area contributed by atoms with E-state index in [1.807, 2.05) is 6.08 Å². The molecule has 580 valence electrons. The predicted molar refractivity (Wildman–Crippen MR) is 415 cm³/mol. The Morgan fingerprint density at radius 3 is 1.10 bits per heavy atom. The Balaban J connectivity index is 1.63. The summed E-state index contributed by atoms with van der Waals surface area (Å²) in [5.41, 5.74) is 0. The van der Waals surface area contributed by atoms with Crippen molar-refractivity contribution >= 4 is 5.91 Å². The standard InChI is InChI=1S/C86H153NO13/c1-3-5-7-9-11-13-15-17-19-21-23-25-27-29-31-33-35-37-39-41-43-45-47-49-51-53-55-57-59-61-63-65-67-69-75(90)74(73-97-85-83(96)81(94)84(77(72-89)99-85)100-86-82(95)80(93)79(92)76(71-88)98-86)87-78(91)70-68-66-64-62-60-58-56-54-52-50-48-46-44-42-40-38-36-34-32-30-28-26-24-22-20-18-16-14-12-10-8-6-4-2/h6,8,12,14,18,20,24,26,30,32,51,53,59,61,67,69,74-77,79-86,88-90,92-96H,3-5,7,9-11,13,15-17,19,21-23,25,27-29,31,33-50,52,54-58,60,62-66,68,70-73H2,1-2H3,(H,87,91)/b8-6-,14-12-,20-18-,26-24-,32-30-,53-51+,61-59+,69-67+. The molecule has 2 heterocycles. The van der Waals surface area contributed by atoms with Crippen molar-refractivity contribution in [2.24, 2.45) is 0 Å². The molecular formula is C86H153NO13. The average molecular weight is 1410 g/mol. The van der Waals surface area contributed by atoms with Gasteiger partial charge in [0.05, 0.1) is 32.0 Å². The molecule has 2 aliphatic rings. The second kappa shape index (κ2) is 69.0. The largest absolute Gasteiger partial charge is 0.394 e. The lowest BCUT2D eigenvalue weighted by atomic mass is 9.97. The van der Waals surface area contributed by atoms with E-state index in [-0.39, 0.29) is 18.9 Å². The fourth-order valence-electron chi connectivity index (χ4n) is 13.2. The molecule has 12 atom stereocenters. The highest BCUT2D eigenvalue weighted by molar-refractivity contribution is 5.76. The van der Waals surface area contributed by atoms with Gasteiger partial charge < -0.3 is 65.1 Å². The van der Waals surface area contributed by atoms with Crippen molar-refractivity contribution in [2.75, 3.05) is 19.8 Å². The molecule has 0 aromatic carbocycles. The van der Waals surface area contributed by atoms with Crippen molar-refractivity contribution in [1.29, 1.82) is 0 Å². The highest BCUT2D eigenvalue weighted by Gasteiger charge is 2.51. The summed E-state index contributed by atoms with van der Waals surface area (Å²) in [5.74, 6) is -0.251. The molecule has 2 saturated heterocycles. The maximum atomic E-state index is 13.4. The molecule has 0 radical (unpaired) electrons. The molecule has 1 amide bonds. The molecule has 0 aromatic rings. The van der Waals surface area contributed by atoms with Crippen molar-refractivity contribution in [3.05, 3.63) is 97.2 Å². The Bertz CT molecular complexity index is 2050. The lowest BCUT2D eigenvalue weighted by Crippen LogP contribution is -2.65. The molecule has 14 nitrogen and oxygen atoms in total. The number of amides is 1. The van der Waals surface area contributed by atoms with Gasteiger partial charge in [-0.05, 0) is 89.9 Å². The number of unbranched alkanes of at least 4 members (excludes halogenated alkanes) is 42. The van der Waals surface area contributed by atoms with E-state index < -0.39 is 86.8 Å². The van der Waals surface area contributed by atoms with Crippen LogP contribution in [0.1, 0.15) is 348 Å². The Hall–Kier alpha value is -3.09. The number of carbonyl (C=O) groups is 1. The van der Waals surface area contributed by atoms with Crippen molar-refractivity contribution in [3.63, 3.8) is 0 Å². The summed E-state index contributed by atoms with van der Waals surface area (Å²) in [6.45, 7) is 2.71. The summed E-state index contributed by atoms with van der Waals surface area (Å²) in [7, 11) is 0. The van der Waals surface area contributed by atoms with E-state index in [2.05, 4.69) is 104 Å². The van der Waals surface area contributed by atoms with E-state index in [1.165, 1.54) is 238 Å². The van der Waals surface area contributed by atoms with E-state index in [4.69, 9.17) is 18.9 Å². The molecule has 0 aliphatic carbocycles. The van der Waals surface area contributed by atoms with Crippen molar-refractivity contribution in [1.82, 2.24) is 5.32 Å². The Morgan fingerprint density at radius 2 is 0.700 bits per heavy atom. The Morgan fingerprint density at radius 1 is 0.370 bits per heavy atom. The van der Waals surface area contributed by atoms with Crippen LogP contribution in [0, 0.1) is 0 Å². The number of allylic oxidation sites excluding steroid dienone is 15. The van der Waals surface area contributed by atoms with Crippen LogP contribution in [0.15, 0.2) is 97.2 Å². The van der Waals surface area contributed by atoms with E-state index in [9.17, 15) is 45.6 Å². The highest BCUT2D eigenvalue weighted by Crippen LogP contribution is 2.30. The summed E-state index contributed by atoms with van der Waals surface area (Å²) >= 11 is 0. The third-order valence-corrected chi connectivity index (χ3v) is 19.7. The summed E-state index contributed by atoms with van der Waals surface area (Å²) in [6, 6.07) is -0.945. The zero-order valence-corrected chi connectivity index (χ0v) is 63.7. The number of hydrogen-bond donors (Lipinski definition) is 9. The molecule has 0 aromatic heterocycles. The van der Waals surface area contributed by atoms with Crippen molar-refractivity contribution < 1.29 is 64.6 Å². The van der Waals surface area contributed by atoms with Crippen molar-refractivity contribution in [3.8, 4) is 0 Å². The molecule has 0 spiro atoms. The third-order valence-electron chi connectivity index (χ3n) is 19.7. The van der Waals surface area contributed by atoms with Gasteiger partial charge in [0.1, 0.15) is 48.8 Å². The molecule has 0 saturated carbocycles. The highest BCUT2D eigenvalue weighted by atomic mass is 16.7. The van der Waals surface area contributed by atoms with Gasteiger partial charge in [-0.1, -0.05) is 349 Å². The second-order valence-electron chi connectivity index (χ2n) is 28.9. The van der Waals surface area contributed by atoms with Crippen LogP contribution >= 0.6 is 0 Å². The number of aliphatic hydroxyl groups excluding tert-OH is 8. The molecular weight excluding hydrogens is 1250 g/mol. The van der Waals surface area contributed by atoms with Gasteiger partial charge >= 0.3 is 0 Å². The normalized spacial score (nSPS) is 22.3. The number of nitrogens with one attached hydrogen (secondary N) is 1. The second-order valence-corrected chi connectivity index (χ2v) is 28.9. The van der Waals surface area contributed by atoms with Crippen LogP contribution in [-0.2, 0) is 23.7 Å². The van der Waals surface area contributed by atoms with E-state index in [0.29, 0.717) is 12.8 Å².